The highest BCUT2D eigenvalue weighted by Crippen LogP contribution is 2.34. The molecule has 1 N–H and O–H groups in total. The number of morpholine rings is 1. The average Bonchev–Trinajstić information content (AvgIpc) is 2.63. The van der Waals surface area contributed by atoms with Gasteiger partial charge in [0, 0.05) is 31.7 Å². The van der Waals surface area contributed by atoms with Gasteiger partial charge in [-0.05, 0) is 24.5 Å². The first kappa shape index (κ1) is 18.7. The van der Waals surface area contributed by atoms with E-state index < -0.39 is 11.7 Å². The maximum Gasteiger partial charge on any atom is 0.416 e. The smallest absolute Gasteiger partial charge is 0.379 e. The first-order chi connectivity index (χ1) is 12.0. The summed E-state index contributed by atoms with van der Waals surface area (Å²) in [4.78, 5) is 2.54. The summed E-state index contributed by atoms with van der Waals surface area (Å²) in [5.74, 6) is 0. The fourth-order valence-electron chi connectivity index (χ4n) is 4.15. The molecule has 2 aliphatic rings. The third kappa shape index (κ3) is 4.74. The van der Waals surface area contributed by atoms with E-state index in [9.17, 15) is 13.2 Å². The first-order valence-electron chi connectivity index (χ1n) is 9.19. The Balaban J connectivity index is 1.62. The molecule has 3 rings (SSSR count). The third-order valence-corrected chi connectivity index (χ3v) is 5.50. The standard InChI is InChI=1S/C19H27F3N2O/c20-19(21,22)17-6-4-5-16(13-17)14-23-15-18(7-2-1-3-8-18)24-9-11-25-12-10-24/h4-6,13,23H,1-3,7-12,14-15H2. The molecule has 0 radical (unpaired) electrons. The zero-order valence-corrected chi connectivity index (χ0v) is 14.6. The highest BCUT2D eigenvalue weighted by molar-refractivity contribution is 5.25. The van der Waals surface area contributed by atoms with Crippen LogP contribution in [0.15, 0.2) is 24.3 Å². The highest BCUT2D eigenvalue weighted by atomic mass is 19.4. The van der Waals surface area contributed by atoms with Gasteiger partial charge in [-0.1, -0.05) is 37.5 Å². The number of halogens is 3. The SMILES string of the molecule is FC(F)(F)c1cccc(CNCC2(N3CCOCC3)CCCCC2)c1. The van der Waals surface area contributed by atoms with Gasteiger partial charge in [0.15, 0.2) is 0 Å². The molecule has 1 aromatic carbocycles. The molecule has 0 bridgehead atoms. The fourth-order valence-corrected chi connectivity index (χ4v) is 4.15. The quantitative estimate of drug-likeness (QED) is 0.868. The summed E-state index contributed by atoms with van der Waals surface area (Å²) in [7, 11) is 0. The molecule has 6 heteroatoms. The van der Waals surface area contributed by atoms with Crippen molar-refractivity contribution in [3.63, 3.8) is 0 Å². The number of hydrogen-bond donors (Lipinski definition) is 1. The van der Waals surface area contributed by atoms with Crippen molar-refractivity contribution in [3.8, 4) is 0 Å². The van der Waals surface area contributed by atoms with Crippen LogP contribution in [0.2, 0.25) is 0 Å². The summed E-state index contributed by atoms with van der Waals surface area (Å²) in [6, 6.07) is 5.61. The van der Waals surface area contributed by atoms with Crippen LogP contribution in [0.5, 0.6) is 0 Å². The molecule has 1 heterocycles. The predicted molar refractivity (Wildman–Crippen MR) is 91.4 cm³/mol. The van der Waals surface area contributed by atoms with Crippen LogP contribution in [-0.2, 0) is 17.5 Å². The average molecular weight is 356 g/mol. The molecule has 1 saturated carbocycles. The van der Waals surface area contributed by atoms with Crippen LogP contribution in [0.4, 0.5) is 13.2 Å². The van der Waals surface area contributed by atoms with Crippen LogP contribution in [0.3, 0.4) is 0 Å². The number of ether oxygens (including phenoxy) is 1. The molecule has 0 atom stereocenters. The molecule has 140 valence electrons. The molecule has 0 spiro atoms. The highest BCUT2D eigenvalue weighted by Gasteiger charge is 2.38. The van der Waals surface area contributed by atoms with Crippen LogP contribution in [-0.4, -0.2) is 43.3 Å². The summed E-state index contributed by atoms with van der Waals surface area (Å²) >= 11 is 0. The largest absolute Gasteiger partial charge is 0.416 e. The van der Waals surface area contributed by atoms with Crippen LogP contribution < -0.4 is 5.32 Å². The van der Waals surface area contributed by atoms with Crippen molar-refractivity contribution in [1.29, 1.82) is 0 Å². The van der Waals surface area contributed by atoms with Crippen molar-refractivity contribution in [1.82, 2.24) is 10.2 Å². The van der Waals surface area contributed by atoms with E-state index in [2.05, 4.69) is 10.2 Å². The summed E-state index contributed by atoms with van der Waals surface area (Å²) in [5, 5.41) is 3.44. The Hall–Kier alpha value is -1.11. The summed E-state index contributed by atoms with van der Waals surface area (Å²) < 4.78 is 44.0. The third-order valence-electron chi connectivity index (χ3n) is 5.50. The molecular formula is C19H27F3N2O. The molecule has 0 amide bonds. The number of nitrogens with one attached hydrogen (secondary N) is 1. The lowest BCUT2D eigenvalue weighted by molar-refractivity contribution is -0.137. The Morgan fingerprint density at radius 3 is 2.48 bits per heavy atom. The Bertz CT molecular complexity index is 550. The number of alkyl halides is 3. The van der Waals surface area contributed by atoms with Gasteiger partial charge < -0.3 is 10.1 Å². The molecule has 25 heavy (non-hydrogen) atoms. The first-order valence-corrected chi connectivity index (χ1v) is 9.19. The van der Waals surface area contributed by atoms with E-state index in [0.717, 1.165) is 51.8 Å². The van der Waals surface area contributed by atoms with Gasteiger partial charge >= 0.3 is 6.18 Å². The number of rotatable bonds is 5. The van der Waals surface area contributed by atoms with Gasteiger partial charge in [-0.2, -0.15) is 13.2 Å². The normalized spacial score (nSPS) is 22.0. The summed E-state index contributed by atoms with van der Waals surface area (Å²) in [6.07, 6.45) is 1.75. The fraction of sp³-hybridized carbons (Fsp3) is 0.684. The maximum atomic E-state index is 12.8. The van der Waals surface area contributed by atoms with E-state index >= 15 is 0 Å². The van der Waals surface area contributed by atoms with E-state index in [0.29, 0.717) is 12.1 Å². The molecule has 1 aliphatic carbocycles. The lowest BCUT2D eigenvalue weighted by atomic mass is 9.79. The van der Waals surface area contributed by atoms with Crippen LogP contribution >= 0.6 is 0 Å². The zero-order chi connectivity index (χ0) is 17.8. The maximum absolute atomic E-state index is 12.8. The number of benzene rings is 1. The van der Waals surface area contributed by atoms with E-state index in [4.69, 9.17) is 4.74 Å². The van der Waals surface area contributed by atoms with Crippen molar-refractivity contribution in [2.24, 2.45) is 0 Å². The van der Waals surface area contributed by atoms with E-state index in [-0.39, 0.29) is 5.54 Å². The Morgan fingerprint density at radius 1 is 1.08 bits per heavy atom. The Morgan fingerprint density at radius 2 is 1.80 bits per heavy atom. The van der Waals surface area contributed by atoms with Crippen molar-refractivity contribution in [2.75, 3.05) is 32.8 Å². The van der Waals surface area contributed by atoms with Crippen molar-refractivity contribution >= 4 is 0 Å². The van der Waals surface area contributed by atoms with E-state index in [1.165, 1.54) is 31.4 Å². The van der Waals surface area contributed by atoms with Gasteiger partial charge in [-0.15, -0.1) is 0 Å². The lowest BCUT2D eigenvalue weighted by Crippen LogP contribution is -2.59. The molecule has 3 nitrogen and oxygen atoms in total. The van der Waals surface area contributed by atoms with E-state index in [1.807, 2.05) is 0 Å². The van der Waals surface area contributed by atoms with Gasteiger partial charge in [0.2, 0.25) is 0 Å². The molecule has 1 aliphatic heterocycles. The van der Waals surface area contributed by atoms with Crippen LogP contribution in [0, 0.1) is 0 Å². The molecular weight excluding hydrogens is 329 g/mol. The minimum absolute atomic E-state index is 0.129. The minimum Gasteiger partial charge on any atom is -0.379 e. The van der Waals surface area contributed by atoms with E-state index in [1.54, 1.807) is 6.07 Å². The second-order valence-electron chi connectivity index (χ2n) is 7.19. The summed E-state index contributed by atoms with van der Waals surface area (Å²) in [5.41, 5.74) is 0.235. The Kier molecular flexibility index (Phi) is 6.02. The molecule has 0 aromatic heterocycles. The second-order valence-corrected chi connectivity index (χ2v) is 7.19. The molecule has 2 fully saturated rings. The van der Waals surface area contributed by atoms with Gasteiger partial charge in [0.1, 0.15) is 0 Å². The monoisotopic (exact) mass is 356 g/mol. The second kappa shape index (κ2) is 8.06. The molecule has 0 unspecified atom stereocenters. The van der Waals surface area contributed by atoms with Gasteiger partial charge in [0.05, 0.1) is 18.8 Å². The summed E-state index contributed by atoms with van der Waals surface area (Å²) in [6.45, 7) is 4.74. The topological polar surface area (TPSA) is 24.5 Å². The minimum atomic E-state index is -4.28. The van der Waals surface area contributed by atoms with Crippen LogP contribution in [0.25, 0.3) is 0 Å². The zero-order valence-electron chi connectivity index (χ0n) is 14.6. The lowest BCUT2D eigenvalue weighted by Gasteiger charge is -2.48. The van der Waals surface area contributed by atoms with Gasteiger partial charge in [-0.3, -0.25) is 4.90 Å². The number of nitrogens with zero attached hydrogens (tertiary/aromatic N) is 1. The van der Waals surface area contributed by atoms with Crippen molar-refractivity contribution < 1.29 is 17.9 Å². The van der Waals surface area contributed by atoms with Crippen LogP contribution in [0.1, 0.15) is 43.2 Å². The van der Waals surface area contributed by atoms with Gasteiger partial charge in [-0.25, -0.2) is 0 Å². The van der Waals surface area contributed by atoms with Crippen molar-refractivity contribution in [3.05, 3.63) is 35.4 Å². The predicted octanol–water partition coefficient (Wildman–Crippen LogP) is 3.83. The Labute approximate surface area is 147 Å². The van der Waals surface area contributed by atoms with Crippen molar-refractivity contribution in [2.45, 2.75) is 50.4 Å². The molecule has 1 aromatic rings. The number of hydrogen-bond acceptors (Lipinski definition) is 3. The molecule has 1 saturated heterocycles. The van der Waals surface area contributed by atoms with Gasteiger partial charge in [0.25, 0.3) is 0 Å².